The number of hydrogen-bond donors (Lipinski definition) is 2. The van der Waals surface area contributed by atoms with Crippen LogP contribution in [0.5, 0.6) is 0 Å². The Kier molecular flexibility index (Phi) is 3.59. The van der Waals surface area contributed by atoms with Crippen LogP contribution in [-0.4, -0.2) is 16.0 Å². The predicted molar refractivity (Wildman–Crippen MR) is 52.4 cm³/mol. The van der Waals surface area contributed by atoms with Crippen LogP contribution < -0.4 is 5.32 Å². The molecule has 0 spiro atoms. The number of aliphatic hydroxyl groups excluding tert-OH is 1. The highest BCUT2D eigenvalue weighted by molar-refractivity contribution is 5.72. The van der Waals surface area contributed by atoms with Crippen molar-refractivity contribution in [2.24, 2.45) is 0 Å². The number of carbonyl (C=O) groups excluding carboxylic acids is 1. The van der Waals surface area contributed by atoms with Crippen LogP contribution in [0.2, 0.25) is 0 Å². The normalized spacial score (nSPS) is 12.2. The van der Waals surface area contributed by atoms with E-state index < -0.39 is 6.10 Å². The fourth-order valence-corrected chi connectivity index (χ4v) is 1.04. The molecule has 1 amide bonds. The number of aliphatic hydroxyl groups is 1. The number of hydrogen-bond acceptors (Lipinski definition) is 3. The van der Waals surface area contributed by atoms with Crippen molar-refractivity contribution in [1.29, 1.82) is 0 Å². The molecule has 1 aromatic heterocycles. The number of rotatable bonds is 3. The van der Waals surface area contributed by atoms with Crippen LogP contribution in [-0.2, 0) is 11.3 Å². The minimum atomic E-state index is -0.577. The molecule has 1 atom stereocenters. The third-order valence-electron chi connectivity index (χ3n) is 1.77. The first kappa shape index (κ1) is 10.7. The second-order valence-electron chi connectivity index (χ2n) is 3.14. The van der Waals surface area contributed by atoms with Crippen molar-refractivity contribution in [2.45, 2.75) is 26.5 Å². The third-order valence-corrected chi connectivity index (χ3v) is 1.77. The standard InChI is InChI=1S/C10H14N2O2/c1-7(13)10-5-3-4-9(12-10)6-11-8(2)14/h3-5,7,13H,6H2,1-2H3,(H,11,14). The summed E-state index contributed by atoms with van der Waals surface area (Å²) >= 11 is 0. The molecule has 0 bridgehead atoms. The molecule has 4 heteroatoms. The smallest absolute Gasteiger partial charge is 0.217 e. The summed E-state index contributed by atoms with van der Waals surface area (Å²) in [5.41, 5.74) is 1.37. The molecule has 14 heavy (non-hydrogen) atoms. The molecule has 0 radical (unpaired) electrons. The summed E-state index contributed by atoms with van der Waals surface area (Å²) in [5.74, 6) is -0.0887. The Balaban J connectivity index is 2.68. The molecule has 0 aliphatic carbocycles. The molecule has 1 unspecified atom stereocenters. The molecule has 0 saturated carbocycles. The van der Waals surface area contributed by atoms with E-state index in [2.05, 4.69) is 10.3 Å². The lowest BCUT2D eigenvalue weighted by Gasteiger charge is -2.06. The molecule has 2 N–H and O–H groups in total. The summed E-state index contributed by atoms with van der Waals surface area (Å²) in [7, 11) is 0. The number of nitrogens with zero attached hydrogens (tertiary/aromatic N) is 1. The lowest BCUT2D eigenvalue weighted by molar-refractivity contribution is -0.119. The monoisotopic (exact) mass is 194 g/mol. The fourth-order valence-electron chi connectivity index (χ4n) is 1.04. The van der Waals surface area contributed by atoms with Gasteiger partial charge in [-0.1, -0.05) is 6.07 Å². The van der Waals surface area contributed by atoms with Crippen LogP contribution in [0.3, 0.4) is 0 Å². The van der Waals surface area contributed by atoms with Crippen LogP contribution in [0.4, 0.5) is 0 Å². The molecule has 76 valence electrons. The van der Waals surface area contributed by atoms with Crippen molar-refractivity contribution in [2.75, 3.05) is 0 Å². The second-order valence-corrected chi connectivity index (χ2v) is 3.14. The number of aromatic nitrogens is 1. The Morgan fingerprint density at radius 2 is 2.36 bits per heavy atom. The summed E-state index contributed by atoms with van der Waals surface area (Å²) in [4.78, 5) is 14.8. The third kappa shape index (κ3) is 3.14. The van der Waals surface area contributed by atoms with E-state index in [1.54, 1.807) is 13.0 Å². The van der Waals surface area contributed by atoms with Gasteiger partial charge in [0.15, 0.2) is 0 Å². The van der Waals surface area contributed by atoms with Crippen LogP contribution in [0.15, 0.2) is 18.2 Å². The first-order valence-corrected chi connectivity index (χ1v) is 4.48. The van der Waals surface area contributed by atoms with Gasteiger partial charge >= 0.3 is 0 Å². The highest BCUT2D eigenvalue weighted by Gasteiger charge is 2.03. The van der Waals surface area contributed by atoms with Gasteiger partial charge in [-0.25, -0.2) is 0 Å². The second kappa shape index (κ2) is 4.72. The van der Waals surface area contributed by atoms with E-state index in [-0.39, 0.29) is 5.91 Å². The summed E-state index contributed by atoms with van der Waals surface area (Å²) in [6, 6.07) is 5.37. The lowest BCUT2D eigenvalue weighted by Crippen LogP contribution is -2.19. The Bertz CT molecular complexity index is 324. The van der Waals surface area contributed by atoms with E-state index in [4.69, 9.17) is 0 Å². The van der Waals surface area contributed by atoms with E-state index in [0.29, 0.717) is 12.2 Å². The number of carbonyl (C=O) groups is 1. The molecule has 1 heterocycles. The Morgan fingerprint density at radius 1 is 1.64 bits per heavy atom. The van der Waals surface area contributed by atoms with Gasteiger partial charge in [-0.15, -0.1) is 0 Å². The summed E-state index contributed by atoms with van der Waals surface area (Å²) in [5, 5.41) is 11.9. The lowest BCUT2D eigenvalue weighted by atomic mass is 10.2. The summed E-state index contributed by atoms with van der Waals surface area (Å²) < 4.78 is 0. The molecule has 0 aliphatic heterocycles. The highest BCUT2D eigenvalue weighted by Crippen LogP contribution is 2.08. The van der Waals surface area contributed by atoms with Crippen LogP contribution in [0.1, 0.15) is 31.3 Å². The number of amides is 1. The number of nitrogens with one attached hydrogen (secondary N) is 1. The zero-order valence-corrected chi connectivity index (χ0v) is 8.32. The molecule has 0 fully saturated rings. The van der Waals surface area contributed by atoms with E-state index in [9.17, 15) is 9.90 Å². The van der Waals surface area contributed by atoms with Crippen molar-refractivity contribution < 1.29 is 9.90 Å². The average molecular weight is 194 g/mol. The van der Waals surface area contributed by atoms with Crippen molar-refractivity contribution in [3.8, 4) is 0 Å². The van der Waals surface area contributed by atoms with Gasteiger partial charge in [0.25, 0.3) is 0 Å². The number of pyridine rings is 1. The average Bonchev–Trinajstić information content (AvgIpc) is 2.15. The molecule has 1 aromatic rings. The van der Waals surface area contributed by atoms with Crippen molar-refractivity contribution in [1.82, 2.24) is 10.3 Å². The SMILES string of the molecule is CC(=O)NCc1cccc(C(C)O)n1. The molecule has 0 aliphatic rings. The largest absolute Gasteiger partial charge is 0.387 e. The summed E-state index contributed by atoms with van der Waals surface area (Å²) in [6.45, 7) is 3.51. The van der Waals surface area contributed by atoms with Crippen molar-refractivity contribution >= 4 is 5.91 Å². The molecule has 4 nitrogen and oxygen atoms in total. The van der Waals surface area contributed by atoms with Crippen LogP contribution >= 0.6 is 0 Å². The maximum atomic E-state index is 10.6. The maximum absolute atomic E-state index is 10.6. The van der Waals surface area contributed by atoms with Crippen molar-refractivity contribution in [3.05, 3.63) is 29.6 Å². The fraction of sp³-hybridized carbons (Fsp3) is 0.400. The molecular weight excluding hydrogens is 180 g/mol. The van der Waals surface area contributed by atoms with Gasteiger partial charge in [0.1, 0.15) is 0 Å². The maximum Gasteiger partial charge on any atom is 0.217 e. The molecule has 1 rings (SSSR count). The molecular formula is C10H14N2O2. The zero-order valence-electron chi connectivity index (χ0n) is 8.32. The highest BCUT2D eigenvalue weighted by atomic mass is 16.3. The Labute approximate surface area is 83.0 Å². The first-order chi connectivity index (χ1) is 6.59. The first-order valence-electron chi connectivity index (χ1n) is 4.48. The van der Waals surface area contributed by atoms with Gasteiger partial charge in [-0.05, 0) is 19.1 Å². The topological polar surface area (TPSA) is 62.2 Å². The van der Waals surface area contributed by atoms with E-state index in [1.807, 2.05) is 12.1 Å². The quantitative estimate of drug-likeness (QED) is 0.747. The van der Waals surface area contributed by atoms with Gasteiger partial charge in [-0.3, -0.25) is 9.78 Å². The Hall–Kier alpha value is -1.42. The van der Waals surface area contributed by atoms with E-state index >= 15 is 0 Å². The van der Waals surface area contributed by atoms with Crippen LogP contribution in [0, 0.1) is 0 Å². The van der Waals surface area contributed by atoms with Gasteiger partial charge in [0, 0.05) is 6.92 Å². The minimum Gasteiger partial charge on any atom is -0.387 e. The van der Waals surface area contributed by atoms with Gasteiger partial charge in [0.2, 0.25) is 5.91 Å². The van der Waals surface area contributed by atoms with Crippen LogP contribution in [0.25, 0.3) is 0 Å². The van der Waals surface area contributed by atoms with E-state index in [1.165, 1.54) is 6.92 Å². The Morgan fingerprint density at radius 3 is 2.93 bits per heavy atom. The minimum absolute atomic E-state index is 0.0887. The van der Waals surface area contributed by atoms with Gasteiger partial charge in [-0.2, -0.15) is 0 Å². The molecule has 0 saturated heterocycles. The zero-order chi connectivity index (χ0) is 10.6. The summed E-state index contributed by atoms with van der Waals surface area (Å²) in [6.07, 6.45) is -0.577. The van der Waals surface area contributed by atoms with E-state index in [0.717, 1.165) is 5.69 Å². The van der Waals surface area contributed by atoms with Crippen molar-refractivity contribution in [3.63, 3.8) is 0 Å². The predicted octanol–water partition coefficient (Wildman–Crippen LogP) is 0.771. The van der Waals surface area contributed by atoms with Gasteiger partial charge in [0.05, 0.1) is 24.0 Å². The molecule has 0 aromatic carbocycles. The van der Waals surface area contributed by atoms with Gasteiger partial charge < -0.3 is 10.4 Å².